The normalized spacial score (nSPS) is 38.2. The van der Waals surface area contributed by atoms with Gasteiger partial charge in [0.1, 0.15) is 11.6 Å². The third-order valence-electron chi connectivity index (χ3n) is 6.07. The lowest BCUT2D eigenvalue weighted by Gasteiger charge is -2.54. The Hall–Kier alpha value is -0.570. The van der Waals surface area contributed by atoms with Crippen molar-refractivity contribution in [3.05, 3.63) is 11.6 Å². The largest absolute Gasteiger partial charge is 0.308 e. The molecule has 0 atom stereocenters. The predicted molar refractivity (Wildman–Crippen MR) is 84.4 cm³/mol. The SMILES string of the molecule is CC(C)(C)n1c(CCl)nnc1C1C2CC3CC(C2)CC1C3. The number of hydrogen-bond donors (Lipinski definition) is 0. The highest BCUT2D eigenvalue weighted by Crippen LogP contribution is 2.59. The van der Waals surface area contributed by atoms with Gasteiger partial charge in [-0.05, 0) is 76.5 Å². The van der Waals surface area contributed by atoms with Crippen LogP contribution in [0.1, 0.15) is 70.4 Å². The molecule has 4 heteroatoms. The molecule has 5 rings (SSSR count). The van der Waals surface area contributed by atoms with E-state index in [1.165, 1.54) is 37.9 Å². The summed E-state index contributed by atoms with van der Waals surface area (Å²) >= 11 is 6.12. The van der Waals surface area contributed by atoms with Crippen molar-refractivity contribution in [3.63, 3.8) is 0 Å². The minimum absolute atomic E-state index is 0.0116. The topological polar surface area (TPSA) is 30.7 Å². The molecule has 21 heavy (non-hydrogen) atoms. The van der Waals surface area contributed by atoms with E-state index in [9.17, 15) is 0 Å². The number of aromatic nitrogens is 3. The second-order valence-corrected chi connectivity index (χ2v) is 8.84. The molecule has 4 aliphatic rings. The smallest absolute Gasteiger partial charge is 0.148 e. The van der Waals surface area contributed by atoms with Gasteiger partial charge in [0.15, 0.2) is 0 Å². The molecule has 0 N–H and O–H groups in total. The summed E-state index contributed by atoms with van der Waals surface area (Å²) in [4.78, 5) is 0. The quantitative estimate of drug-likeness (QED) is 0.762. The minimum atomic E-state index is 0.0116. The predicted octanol–water partition coefficient (Wildman–Crippen LogP) is 4.31. The molecule has 4 saturated carbocycles. The van der Waals surface area contributed by atoms with E-state index in [1.54, 1.807) is 0 Å². The molecule has 116 valence electrons. The van der Waals surface area contributed by atoms with Crippen molar-refractivity contribution < 1.29 is 0 Å². The van der Waals surface area contributed by atoms with Crippen LogP contribution in [0.5, 0.6) is 0 Å². The van der Waals surface area contributed by atoms with E-state index in [0.717, 1.165) is 29.5 Å². The first-order valence-corrected chi connectivity index (χ1v) is 9.01. The van der Waals surface area contributed by atoms with E-state index in [2.05, 4.69) is 35.5 Å². The number of rotatable bonds is 2. The average molecular weight is 308 g/mol. The van der Waals surface area contributed by atoms with Crippen molar-refractivity contribution in [1.29, 1.82) is 0 Å². The van der Waals surface area contributed by atoms with Crippen LogP contribution in [0.3, 0.4) is 0 Å². The van der Waals surface area contributed by atoms with Gasteiger partial charge in [0, 0.05) is 11.5 Å². The third kappa shape index (κ3) is 2.15. The Balaban J connectivity index is 1.75. The lowest BCUT2D eigenvalue weighted by molar-refractivity contribution is -0.00796. The van der Waals surface area contributed by atoms with E-state index < -0.39 is 0 Å². The first-order valence-electron chi connectivity index (χ1n) is 8.48. The maximum Gasteiger partial charge on any atom is 0.148 e. The number of nitrogens with zero attached hydrogens (tertiary/aromatic N) is 3. The van der Waals surface area contributed by atoms with Gasteiger partial charge in [-0.2, -0.15) is 0 Å². The van der Waals surface area contributed by atoms with Crippen molar-refractivity contribution >= 4 is 11.6 Å². The summed E-state index contributed by atoms with van der Waals surface area (Å²) in [7, 11) is 0. The van der Waals surface area contributed by atoms with E-state index >= 15 is 0 Å². The van der Waals surface area contributed by atoms with Gasteiger partial charge in [-0.25, -0.2) is 0 Å². The zero-order valence-electron chi connectivity index (χ0n) is 13.3. The highest BCUT2D eigenvalue weighted by atomic mass is 35.5. The maximum atomic E-state index is 6.12. The summed E-state index contributed by atoms with van der Waals surface area (Å²) in [6.45, 7) is 6.73. The first kappa shape index (κ1) is 14.0. The second-order valence-electron chi connectivity index (χ2n) is 8.57. The third-order valence-corrected chi connectivity index (χ3v) is 6.31. The van der Waals surface area contributed by atoms with Crippen molar-refractivity contribution in [2.45, 2.75) is 70.2 Å². The summed E-state index contributed by atoms with van der Waals surface area (Å²) in [5, 5.41) is 9.04. The van der Waals surface area contributed by atoms with Crippen LogP contribution in [0.4, 0.5) is 0 Å². The van der Waals surface area contributed by atoms with Crippen LogP contribution in [-0.2, 0) is 11.4 Å². The zero-order chi connectivity index (χ0) is 14.8. The number of hydrogen-bond acceptors (Lipinski definition) is 2. The minimum Gasteiger partial charge on any atom is -0.308 e. The molecule has 1 heterocycles. The zero-order valence-corrected chi connectivity index (χ0v) is 14.1. The Morgan fingerprint density at radius 2 is 1.57 bits per heavy atom. The molecular formula is C17H26ClN3. The van der Waals surface area contributed by atoms with Crippen molar-refractivity contribution in [2.24, 2.45) is 23.7 Å². The van der Waals surface area contributed by atoms with Crippen molar-refractivity contribution in [1.82, 2.24) is 14.8 Å². The Labute approximate surface area is 132 Å². The van der Waals surface area contributed by atoms with E-state index in [0.29, 0.717) is 11.8 Å². The van der Waals surface area contributed by atoms with Gasteiger partial charge < -0.3 is 4.57 Å². The summed E-state index contributed by atoms with van der Waals surface area (Å²) in [5.74, 6) is 6.94. The molecule has 3 nitrogen and oxygen atoms in total. The molecule has 0 amide bonds. The fourth-order valence-electron chi connectivity index (χ4n) is 5.71. The highest BCUT2D eigenvalue weighted by molar-refractivity contribution is 6.16. The lowest BCUT2D eigenvalue weighted by Crippen LogP contribution is -2.45. The van der Waals surface area contributed by atoms with Crippen LogP contribution in [0.25, 0.3) is 0 Å². The Kier molecular flexibility index (Phi) is 3.15. The molecule has 4 fully saturated rings. The van der Waals surface area contributed by atoms with Gasteiger partial charge in [0.25, 0.3) is 0 Å². The van der Waals surface area contributed by atoms with Crippen LogP contribution < -0.4 is 0 Å². The molecule has 4 bridgehead atoms. The molecule has 0 saturated heterocycles. The van der Waals surface area contributed by atoms with Crippen molar-refractivity contribution in [3.8, 4) is 0 Å². The molecule has 0 aliphatic heterocycles. The highest BCUT2D eigenvalue weighted by Gasteiger charge is 2.50. The molecule has 1 aromatic rings. The van der Waals surface area contributed by atoms with E-state index in [1.807, 2.05) is 0 Å². The summed E-state index contributed by atoms with van der Waals surface area (Å²) in [6.07, 6.45) is 7.18. The Morgan fingerprint density at radius 3 is 2.05 bits per heavy atom. The average Bonchev–Trinajstić information content (AvgIpc) is 2.81. The van der Waals surface area contributed by atoms with Crippen LogP contribution in [0, 0.1) is 23.7 Å². The summed E-state index contributed by atoms with van der Waals surface area (Å²) < 4.78 is 2.34. The lowest BCUT2D eigenvalue weighted by atomic mass is 9.51. The van der Waals surface area contributed by atoms with Crippen LogP contribution in [-0.4, -0.2) is 14.8 Å². The number of halogens is 1. The summed E-state index contributed by atoms with van der Waals surface area (Å²) in [6, 6.07) is 0. The summed E-state index contributed by atoms with van der Waals surface area (Å²) in [5.41, 5.74) is 0.0116. The van der Waals surface area contributed by atoms with Gasteiger partial charge >= 0.3 is 0 Å². The number of alkyl halides is 1. The van der Waals surface area contributed by atoms with Gasteiger partial charge in [-0.15, -0.1) is 21.8 Å². The molecule has 4 aliphatic carbocycles. The fraction of sp³-hybridized carbons (Fsp3) is 0.882. The van der Waals surface area contributed by atoms with Gasteiger partial charge in [0.2, 0.25) is 0 Å². The van der Waals surface area contributed by atoms with Gasteiger partial charge in [-0.1, -0.05) is 0 Å². The molecule has 0 aromatic carbocycles. The van der Waals surface area contributed by atoms with Crippen molar-refractivity contribution in [2.75, 3.05) is 0 Å². The molecule has 1 aromatic heterocycles. The Morgan fingerprint density at radius 1 is 1.00 bits per heavy atom. The second kappa shape index (κ2) is 4.71. The molecule has 0 radical (unpaired) electrons. The van der Waals surface area contributed by atoms with E-state index in [4.69, 9.17) is 11.6 Å². The molecule has 0 unspecified atom stereocenters. The van der Waals surface area contributed by atoms with Gasteiger partial charge in [0.05, 0.1) is 5.88 Å². The van der Waals surface area contributed by atoms with Gasteiger partial charge in [-0.3, -0.25) is 0 Å². The monoisotopic (exact) mass is 307 g/mol. The van der Waals surface area contributed by atoms with Crippen LogP contribution in [0.2, 0.25) is 0 Å². The maximum absolute atomic E-state index is 6.12. The van der Waals surface area contributed by atoms with Crippen LogP contribution >= 0.6 is 11.6 Å². The van der Waals surface area contributed by atoms with Crippen LogP contribution in [0.15, 0.2) is 0 Å². The molecular weight excluding hydrogens is 282 g/mol. The Bertz CT molecular complexity index is 515. The van der Waals surface area contributed by atoms with E-state index in [-0.39, 0.29) is 5.54 Å². The fourth-order valence-corrected chi connectivity index (χ4v) is 5.88. The molecule has 0 spiro atoms. The standard InChI is InChI=1S/C17H26ClN3/c1-17(2,3)21-14(9-18)19-20-16(21)15-12-5-10-4-11(7-12)8-13(15)6-10/h10-13,15H,4-9H2,1-3H3. The first-order chi connectivity index (χ1) is 9.97.